The molecular formula is C10H15NO4. The minimum atomic E-state index is -0.992. The van der Waals surface area contributed by atoms with Crippen LogP contribution in [0.15, 0.2) is 0 Å². The number of rotatable bonds is 5. The third kappa shape index (κ3) is 2.46. The van der Waals surface area contributed by atoms with Gasteiger partial charge in [0.1, 0.15) is 6.79 Å². The van der Waals surface area contributed by atoms with Crippen molar-refractivity contribution in [2.75, 3.05) is 20.5 Å². The summed E-state index contributed by atoms with van der Waals surface area (Å²) in [6, 6.07) is 2.01. The van der Waals surface area contributed by atoms with Gasteiger partial charge in [-0.2, -0.15) is 5.26 Å². The Morgan fingerprint density at radius 1 is 1.60 bits per heavy atom. The maximum Gasteiger partial charge on any atom is 0.326 e. The predicted molar refractivity (Wildman–Crippen MR) is 50.7 cm³/mol. The quantitative estimate of drug-likeness (QED) is 0.500. The second kappa shape index (κ2) is 5.10. The predicted octanol–water partition coefficient (Wildman–Crippen LogP) is 0.842. The van der Waals surface area contributed by atoms with Crippen molar-refractivity contribution in [3.63, 3.8) is 0 Å². The molecule has 1 aliphatic carbocycles. The second-order valence-electron chi connectivity index (χ2n) is 3.52. The van der Waals surface area contributed by atoms with E-state index in [4.69, 9.17) is 19.5 Å². The lowest BCUT2D eigenvalue weighted by Gasteiger charge is -2.39. The van der Waals surface area contributed by atoms with E-state index < -0.39 is 11.4 Å². The number of carbonyl (C=O) groups is 1. The van der Waals surface area contributed by atoms with E-state index in [9.17, 15) is 4.79 Å². The summed E-state index contributed by atoms with van der Waals surface area (Å²) in [5, 5.41) is 8.94. The molecular weight excluding hydrogens is 198 g/mol. The molecule has 1 aliphatic rings. The van der Waals surface area contributed by atoms with Gasteiger partial charge in [0.15, 0.2) is 5.41 Å². The zero-order valence-corrected chi connectivity index (χ0v) is 8.99. The van der Waals surface area contributed by atoms with Crippen LogP contribution in [-0.2, 0) is 19.0 Å². The van der Waals surface area contributed by atoms with E-state index in [-0.39, 0.29) is 12.9 Å². The molecule has 1 rings (SSSR count). The average Bonchev–Trinajstić information content (AvgIpc) is 2.17. The van der Waals surface area contributed by atoms with Gasteiger partial charge in [-0.3, -0.25) is 4.79 Å². The van der Waals surface area contributed by atoms with Crippen LogP contribution in [0.1, 0.15) is 19.8 Å². The lowest BCUT2D eigenvalue weighted by molar-refractivity contribution is -0.174. The smallest absolute Gasteiger partial charge is 0.326 e. The molecule has 0 radical (unpaired) electrons. The number of carbonyl (C=O) groups excluding carboxylic acids is 1. The second-order valence-corrected chi connectivity index (χ2v) is 3.52. The Kier molecular flexibility index (Phi) is 4.06. The van der Waals surface area contributed by atoms with Crippen molar-refractivity contribution in [1.82, 2.24) is 0 Å². The first-order valence-corrected chi connectivity index (χ1v) is 4.87. The molecule has 0 atom stereocenters. The van der Waals surface area contributed by atoms with Gasteiger partial charge in [-0.1, -0.05) is 0 Å². The number of nitrogens with zero attached hydrogens (tertiary/aromatic N) is 1. The van der Waals surface area contributed by atoms with E-state index in [2.05, 4.69) is 0 Å². The normalized spacial score (nSPS) is 29.0. The van der Waals surface area contributed by atoms with Crippen LogP contribution in [0.3, 0.4) is 0 Å². The number of nitriles is 1. The van der Waals surface area contributed by atoms with Crippen molar-refractivity contribution in [3.05, 3.63) is 0 Å². The van der Waals surface area contributed by atoms with Crippen molar-refractivity contribution in [2.45, 2.75) is 25.9 Å². The van der Waals surface area contributed by atoms with Crippen LogP contribution in [0, 0.1) is 16.7 Å². The first-order valence-electron chi connectivity index (χ1n) is 4.87. The Morgan fingerprint density at radius 3 is 2.73 bits per heavy atom. The highest BCUT2D eigenvalue weighted by Gasteiger charge is 2.52. The maximum absolute atomic E-state index is 11.5. The molecule has 0 unspecified atom stereocenters. The van der Waals surface area contributed by atoms with Gasteiger partial charge in [0.2, 0.25) is 0 Å². The van der Waals surface area contributed by atoms with Crippen LogP contribution in [-0.4, -0.2) is 32.6 Å². The third-order valence-corrected chi connectivity index (χ3v) is 2.45. The molecule has 0 bridgehead atoms. The molecule has 15 heavy (non-hydrogen) atoms. The number of esters is 1. The largest absolute Gasteiger partial charge is 0.465 e. The highest BCUT2D eigenvalue weighted by molar-refractivity contribution is 5.81. The van der Waals surface area contributed by atoms with E-state index in [0.717, 1.165) is 0 Å². The minimum Gasteiger partial charge on any atom is -0.465 e. The monoisotopic (exact) mass is 213 g/mol. The first-order chi connectivity index (χ1) is 7.18. The average molecular weight is 213 g/mol. The Labute approximate surface area is 88.9 Å². The summed E-state index contributed by atoms with van der Waals surface area (Å²) < 4.78 is 14.8. The minimum absolute atomic E-state index is 0.0750. The summed E-state index contributed by atoms with van der Waals surface area (Å²) in [4.78, 5) is 11.5. The molecule has 5 heteroatoms. The van der Waals surface area contributed by atoms with Crippen LogP contribution in [0.25, 0.3) is 0 Å². The molecule has 0 saturated heterocycles. The molecule has 5 nitrogen and oxygen atoms in total. The van der Waals surface area contributed by atoms with Gasteiger partial charge in [-0.05, 0) is 6.92 Å². The lowest BCUT2D eigenvalue weighted by atomic mass is 9.68. The van der Waals surface area contributed by atoms with Crippen LogP contribution in [0.5, 0.6) is 0 Å². The van der Waals surface area contributed by atoms with Crippen LogP contribution in [0.2, 0.25) is 0 Å². The number of methoxy groups -OCH3 is 1. The van der Waals surface area contributed by atoms with Crippen molar-refractivity contribution in [1.29, 1.82) is 5.26 Å². The van der Waals surface area contributed by atoms with E-state index >= 15 is 0 Å². The SMILES string of the molecule is CCOC(=O)C1(C#N)CC(OCOC)C1. The van der Waals surface area contributed by atoms with Gasteiger partial charge in [0.25, 0.3) is 0 Å². The van der Waals surface area contributed by atoms with E-state index in [1.807, 2.05) is 6.07 Å². The number of hydrogen-bond acceptors (Lipinski definition) is 5. The molecule has 1 saturated carbocycles. The zero-order valence-electron chi connectivity index (χ0n) is 8.99. The maximum atomic E-state index is 11.5. The molecule has 1 fully saturated rings. The zero-order chi connectivity index (χ0) is 11.3. The highest BCUT2D eigenvalue weighted by atomic mass is 16.7. The van der Waals surface area contributed by atoms with Crippen molar-refractivity contribution >= 4 is 5.97 Å². The summed E-state index contributed by atoms with van der Waals surface area (Å²) in [5.74, 6) is -0.440. The van der Waals surface area contributed by atoms with Gasteiger partial charge in [-0.15, -0.1) is 0 Å². The van der Waals surface area contributed by atoms with Crippen LogP contribution < -0.4 is 0 Å². The van der Waals surface area contributed by atoms with E-state index in [0.29, 0.717) is 19.4 Å². The fourth-order valence-corrected chi connectivity index (χ4v) is 1.57. The molecule has 0 aromatic heterocycles. The number of ether oxygens (including phenoxy) is 3. The molecule has 84 valence electrons. The first kappa shape index (κ1) is 12.0. The molecule has 0 heterocycles. The lowest BCUT2D eigenvalue weighted by Crippen LogP contribution is -2.48. The van der Waals surface area contributed by atoms with Crippen molar-refractivity contribution < 1.29 is 19.0 Å². The van der Waals surface area contributed by atoms with Crippen molar-refractivity contribution in [2.24, 2.45) is 5.41 Å². The molecule has 0 N–H and O–H groups in total. The molecule has 0 aromatic rings. The van der Waals surface area contributed by atoms with E-state index in [1.54, 1.807) is 6.92 Å². The summed E-state index contributed by atoms with van der Waals surface area (Å²) in [7, 11) is 1.53. The number of hydrogen-bond donors (Lipinski definition) is 0. The van der Waals surface area contributed by atoms with Crippen LogP contribution >= 0.6 is 0 Å². The van der Waals surface area contributed by atoms with Gasteiger partial charge in [-0.25, -0.2) is 0 Å². The third-order valence-electron chi connectivity index (χ3n) is 2.45. The summed E-state index contributed by atoms with van der Waals surface area (Å²) in [6.07, 6.45) is 0.714. The molecule has 0 aliphatic heterocycles. The van der Waals surface area contributed by atoms with E-state index in [1.165, 1.54) is 7.11 Å². The standard InChI is InChI=1S/C10H15NO4/c1-3-14-9(12)10(6-11)4-8(5-10)15-7-13-2/h8H,3-5,7H2,1-2H3. The fraction of sp³-hybridized carbons (Fsp3) is 0.800. The fourth-order valence-electron chi connectivity index (χ4n) is 1.57. The summed E-state index contributed by atoms with van der Waals surface area (Å²) >= 11 is 0. The Bertz CT molecular complexity index is 265. The Hall–Kier alpha value is -1.12. The van der Waals surface area contributed by atoms with Crippen LogP contribution in [0.4, 0.5) is 0 Å². The highest BCUT2D eigenvalue weighted by Crippen LogP contribution is 2.43. The van der Waals surface area contributed by atoms with Gasteiger partial charge < -0.3 is 14.2 Å². The van der Waals surface area contributed by atoms with Gasteiger partial charge in [0, 0.05) is 20.0 Å². The van der Waals surface area contributed by atoms with Gasteiger partial charge >= 0.3 is 5.97 Å². The Morgan fingerprint density at radius 2 is 2.27 bits per heavy atom. The molecule has 0 amide bonds. The summed E-state index contributed by atoms with van der Waals surface area (Å²) in [6.45, 7) is 2.21. The summed E-state index contributed by atoms with van der Waals surface area (Å²) in [5.41, 5.74) is -0.992. The molecule has 0 spiro atoms. The molecule has 0 aromatic carbocycles. The van der Waals surface area contributed by atoms with Gasteiger partial charge in [0.05, 0.1) is 18.8 Å². The Balaban J connectivity index is 2.42. The van der Waals surface area contributed by atoms with Crippen molar-refractivity contribution in [3.8, 4) is 6.07 Å². The topological polar surface area (TPSA) is 68.6 Å².